The van der Waals surface area contributed by atoms with E-state index in [1.54, 1.807) is 0 Å². The topological polar surface area (TPSA) is 55.0 Å². The molecule has 8 atom stereocenters. The predicted octanol–water partition coefficient (Wildman–Crippen LogP) is 2.93. The van der Waals surface area contributed by atoms with Crippen LogP contribution in [-0.2, 0) is 37.6 Å². The molecule has 2 bridgehead atoms. The van der Waals surface area contributed by atoms with E-state index in [2.05, 4.69) is 30.9 Å². The molecule has 1 aromatic heterocycles. The molecule has 7 nitrogen and oxygen atoms in total. The van der Waals surface area contributed by atoms with Crippen molar-refractivity contribution in [2.24, 2.45) is 30.7 Å². The minimum absolute atomic E-state index is 0.236. The summed E-state index contributed by atoms with van der Waals surface area (Å²) in [6.07, 6.45) is 10.7. The number of ether oxygens (including phenoxy) is 3. The van der Waals surface area contributed by atoms with Gasteiger partial charge in [-0.2, -0.15) is 0 Å². The molecule has 6 rings (SSSR count). The fourth-order valence-corrected chi connectivity index (χ4v) is 6.14. The first-order valence-corrected chi connectivity index (χ1v) is 11.2. The Bertz CT molecular complexity index is 741. The maximum absolute atomic E-state index is 6.45. The van der Waals surface area contributed by atoms with Crippen molar-refractivity contribution in [2.45, 2.75) is 83.4 Å². The molecular weight excluding hydrogens is 372 g/mol. The third-order valence-electron chi connectivity index (χ3n) is 7.76. The number of rotatable bonds is 5. The fraction of sp³-hybridized carbons (Fsp3) is 0.864. The van der Waals surface area contributed by atoms with Crippen LogP contribution < -0.4 is 4.57 Å². The van der Waals surface area contributed by atoms with E-state index in [4.69, 9.17) is 24.0 Å². The summed E-state index contributed by atoms with van der Waals surface area (Å²) in [5.41, 5.74) is -0.507. The Morgan fingerprint density at radius 3 is 2.83 bits per heavy atom. The molecule has 1 saturated carbocycles. The summed E-state index contributed by atoms with van der Waals surface area (Å²) in [6.45, 7) is 8.14. The lowest BCUT2D eigenvalue weighted by atomic mass is 9.58. The molecule has 0 amide bonds. The summed E-state index contributed by atoms with van der Waals surface area (Å²) < 4.78 is 23.3. The molecule has 1 spiro atoms. The molecule has 4 saturated heterocycles. The van der Waals surface area contributed by atoms with Crippen molar-refractivity contribution in [3.63, 3.8) is 0 Å². The highest BCUT2D eigenvalue weighted by molar-refractivity contribution is 5.09. The van der Waals surface area contributed by atoms with Crippen LogP contribution >= 0.6 is 0 Å². The Balaban J connectivity index is 1.29. The van der Waals surface area contributed by atoms with Gasteiger partial charge in [-0.3, -0.25) is 0 Å². The summed E-state index contributed by atoms with van der Waals surface area (Å²) in [5.74, 6) is 0.803. The van der Waals surface area contributed by atoms with Crippen LogP contribution in [0.15, 0.2) is 18.7 Å². The molecule has 7 heteroatoms. The van der Waals surface area contributed by atoms with Gasteiger partial charge in [0.1, 0.15) is 12.4 Å². The molecule has 162 valence electrons. The maximum Gasteiger partial charge on any atom is 0.243 e. The molecule has 0 radical (unpaired) electrons. The zero-order valence-corrected chi connectivity index (χ0v) is 18.1. The van der Waals surface area contributed by atoms with Crippen LogP contribution in [-0.4, -0.2) is 35.1 Å². The van der Waals surface area contributed by atoms with Crippen molar-refractivity contribution >= 4 is 0 Å². The summed E-state index contributed by atoms with van der Waals surface area (Å²) in [7, 11) is 2.03. The van der Waals surface area contributed by atoms with Crippen LogP contribution in [0.2, 0.25) is 0 Å². The van der Waals surface area contributed by atoms with Crippen molar-refractivity contribution in [2.75, 3.05) is 6.61 Å². The van der Waals surface area contributed by atoms with E-state index < -0.39 is 17.7 Å². The lowest BCUT2D eigenvalue weighted by Gasteiger charge is -2.60. The summed E-state index contributed by atoms with van der Waals surface area (Å²) in [6, 6.07) is 0. The summed E-state index contributed by atoms with van der Waals surface area (Å²) in [4.78, 5) is 12.0. The Morgan fingerprint density at radius 2 is 2.03 bits per heavy atom. The van der Waals surface area contributed by atoms with Gasteiger partial charge in [-0.1, -0.05) is 13.8 Å². The van der Waals surface area contributed by atoms with E-state index in [-0.39, 0.29) is 12.2 Å². The molecule has 5 aliphatic rings. The molecule has 4 aliphatic heterocycles. The molecular formula is C22H35N2O5+. The Morgan fingerprint density at radius 1 is 1.17 bits per heavy atom. The van der Waals surface area contributed by atoms with Gasteiger partial charge < -0.3 is 14.2 Å². The molecule has 0 aromatic carbocycles. The monoisotopic (exact) mass is 407 g/mol. The second kappa shape index (κ2) is 7.31. The lowest BCUT2D eigenvalue weighted by Crippen LogP contribution is -2.70. The van der Waals surface area contributed by atoms with Gasteiger partial charge in [0.15, 0.2) is 18.2 Å². The second-order valence-corrected chi connectivity index (χ2v) is 9.81. The van der Waals surface area contributed by atoms with Crippen LogP contribution in [0.25, 0.3) is 0 Å². The Kier molecular flexibility index (Phi) is 5.02. The van der Waals surface area contributed by atoms with Crippen molar-refractivity contribution in [3.8, 4) is 0 Å². The van der Waals surface area contributed by atoms with E-state index in [1.165, 1.54) is 6.42 Å². The van der Waals surface area contributed by atoms with Crippen LogP contribution in [0.1, 0.15) is 52.9 Å². The van der Waals surface area contributed by atoms with Gasteiger partial charge in [0.2, 0.25) is 12.1 Å². The van der Waals surface area contributed by atoms with Gasteiger partial charge >= 0.3 is 0 Å². The number of hydrogen-bond acceptors (Lipinski definition) is 5. The fourth-order valence-electron chi connectivity index (χ4n) is 6.14. The van der Waals surface area contributed by atoms with Crippen LogP contribution in [0.3, 0.4) is 0 Å². The lowest BCUT2D eigenvalue weighted by molar-refractivity contribution is -0.671. The van der Waals surface area contributed by atoms with E-state index in [0.717, 1.165) is 32.2 Å². The van der Waals surface area contributed by atoms with Gasteiger partial charge in [-0.25, -0.2) is 18.9 Å². The van der Waals surface area contributed by atoms with Crippen molar-refractivity contribution in [1.82, 2.24) is 4.57 Å². The van der Waals surface area contributed by atoms with Crippen LogP contribution in [0, 0.1) is 23.7 Å². The Labute approximate surface area is 173 Å². The number of hydrogen-bond donors (Lipinski definition) is 0. The average Bonchev–Trinajstić information content (AvgIpc) is 2.97. The minimum atomic E-state index is -0.730. The van der Waals surface area contributed by atoms with E-state index >= 15 is 0 Å². The molecule has 1 aliphatic carbocycles. The number of fused-ring (bicyclic) bond motifs is 2. The van der Waals surface area contributed by atoms with E-state index in [1.807, 2.05) is 24.7 Å². The molecule has 1 aromatic rings. The largest absolute Gasteiger partial charge is 0.352 e. The first kappa shape index (κ1) is 19.9. The molecule has 29 heavy (non-hydrogen) atoms. The number of aromatic nitrogens is 2. The number of imidazole rings is 1. The predicted molar refractivity (Wildman–Crippen MR) is 103 cm³/mol. The molecule has 5 fully saturated rings. The highest BCUT2D eigenvalue weighted by atomic mass is 17.3. The third kappa shape index (κ3) is 3.26. The van der Waals surface area contributed by atoms with Crippen molar-refractivity contribution in [3.05, 3.63) is 18.7 Å². The van der Waals surface area contributed by atoms with E-state index in [9.17, 15) is 0 Å². The minimum Gasteiger partial charge on any atom is -0.352 e. The highest BCUT2D eigenvalue weighted by Gasteiger charge is 2.69. The Hall–Kier alpha value is -0.990. The van der Waals surface area contributed by atoms with Crippen LogP contribution in [0.4, 0.5) is 0 Å². The number of nitrogens with zero attached hydrogens (tertiary/aromatic N) is 2. The second-order valence-electron chi connectivity index (χ2n) is 9.81. The van der Waals surface area contributed by atoms with Crippen LogP contribution in [0.5, 0.6) is 0 Å². The molecule has 0 N–H and O–H groups in total. The van der Waals surface area contributed by atoms with E-state index in [0.29, 0.717) is 24.4 Å². The molecule has 0 unspecified atom stereocenters. The summed E-state index contributed by atoms with van der Waals surface area (Å²) >= 11 is 0. The van der Waals surface area contributed by atoms with Gasteiger partial charge in [0.25, 0.3) is 0 Å². The molecule has 5 heterocycles. The van der Waals surface area contributed by atoms with Gasteiger partial charge in [0.05, 0.1) is 20.2 Å². The van der Waals surface area contributed by atoms with Gasteiger partial charge in [-0.05, 0) is 38.0 Å². The first-order chi connectivity index (χ1) is 13.9. The van der Waals surface area contributed by atoms with Gasteiger partial charge in [-0.15, -0.1) is 0 Å². The van der Waals surface area contributed by atoms with Crippen molar-refractivity contribution in [1.29, 1.82) is 0 Å². The highest BCUT2D eigenvalue weighted by Crippen LogP contribution is 2.60. The maximum atomic E-state index is 6.45. The zero-order valence-electron chi connectivity index (χ0n) is 18.1. The third-order valence-corrected chi connectivity index (χ3v) is 7.76. The van der Waals surface area contributed by atoms with Gasteiger partial charge in [0, 0.05) is 24.7 Å². The van der Waals surface area contributed by atoms with Crippen molar-refractivity contribution < 1.29 is 28.6 Å². The SMILES string of the molecule is C[C@H]1[C@@H](OCCCn2cc[n+](C)c2)O[C@@H]2O[C@@]3(C)CC[C@H]4[C@H](C)CC[C@@H]1[C@@]24OO3. The standard InChI is InChI=1S/C22H35N2O5/c1-15-6-7-18-16(2)19(25-13-5-10-24-12-11-23(4)14-24)26-20-22(18)17(15)8-9-21(3,27-20)28-29-22/h11-12,14-20H,5-10,13H2,1-4H3/q+1/t15-,16-,17+,18+,19+,20-,21-,22-/m1/s1. The smallest absolute Gasteiger partial charge is 0.243 e. The quantitative estimate of drug-likeness (QED) is 0.427. The normalized spacial score (nSPS) is 46.3. The average molecular weight is 408 g/mol. The first-order valence-electron chi connectivity index (χ1n) is 11.2. The summed E-state index contributed by atoms with van der Waals surface area (Å²) in [5, 5.41) is 0. The zero-order chi connectivity index (χ0) is 20.2. The number of aryl methyl sites for hydroxylation is 2.